The molecule has 1 fully saturated rings. The van der Waals surface area contributed by atoms with Gasteiger partial charge in [0.15, 0.2) is 5.78 Å². The van der Waals surface area contributed by atoms with Crippen LogP contribution in [0.3, 0.4) is 0 Å². The van der Waals surface area contributed by atoms with E-state index in [0.29, 0.717) is 48.5 Å². The van der Waals surface area contributed by atoms with Crippen molar-refractivity contribution in [2.24, 2.45) is 0 Å². The lowest BCUT2D eigenvalue weighted by atomic mass is 9.78. The van der Waals surface area contributed by atoms with E-state index in [0.717, 1.165) is 0 Å². The lowest BCUT2D eigenvalue weighted by molar-refractivity contribution is 0.0915. The van der Waals surface area contributed by atoms with Crippen molar-refractivity contribution >= 4 is 17.5 Å². The van der Waals surface area contributed by atoms with Gasteiger partial charge < -0.3 is 20.3 Å². The van der Waals surface area contributed by atoms with E-state index in [4.69, 9.17) is 4.74 Å². The van der Waals surface area contributed by atoms with Crippen LogP contribution in [0.2, 0.25) is 0 Å². The molecule has 2 heterocycles. The number of likely N-dealkylation sites (tertiary alicyclic amines) is 1. The minimum atomic E-state index is -0.427. The molecule has 4 rings (SSSR count). The van der Waals surface area contributed by atoms with Gasteiger partial charge in [-0.3, -0.25) is 4.79 Å². The number of fused-ring (bicyclic) bond motifs is 1. The molecule has 2 N–H and O–H groups in total. The topological polar surface area (TPSA) is 70.7 Å². The molecule has 1 saturated heterocycles. The summed E-state index contributed by atoms with van der Waals surface area (Å²) in [6.07, 6.45) is 1.51. The standard InChI is InChI=1S/C22H23F2N3O3/c1-30-20-11-16(24)3-2-14(20)13-25-21(29)27-8-6-22(7-9-27)12-19(28)17-10-15(23)4-5-18(17)26-22/h2-5,10-11,26H,6-9,12-13H2,1H3,(H,25,29). The Bertz CT molecular complexity index is 988. The molecule has 1 spiro atoms. The van der Waals surface area contributed by atoms with Crippen molar-refractivity contribution < 1.29 is 23.1 Å². The fraction of sp³-hybridized carbons (Fsp3) is 0.364. The second-order valence-corrected chi connectivity index (χ2v) is 7.80. The number of carbonyl (C=O) groups is 2. The van der Waals surface area contributed by atoms with Gasteiger partial charge in [-0.05, 0) is 37.1 Å². The summed E-state index contributed by atoms with van der Waals surface area (Å²) in [6, 6.07) is 8.16. The first-order chi connectivity index (χ1) is 14.4. The predicted octanol–water partition coefficient (Wildman–Crippen LogP) is 3.72. The molecule has 2 aromatic carbocycles. The van der Waals surface area contributed by atoms with Gasteiger partial charge in [-0.1, -0.05) is 6.07 Å². The summed E-state index contributed by atoms with van der Waals surface area (Å²) in [5.41, 5.74) is 1.30. The van der Waals surface area contributed by atoms with Gasteiger partial charge in [0.2, 0.25) is 0 Å². The number of Topliss-reactive ketones (excluding diaryl/α,β-unsaturated/α-hetero) is 1. The molecule has 0 bridgehead atoms. The largest absolute Gasteiger partial charge is 0.496 e. The number of nitrogens with one attached hydrogen (secondary N) is 2. The number of anilines is 1. The maximum absolute atomic E-state index is 13.4. The quantitative estimate of drug-likeness (QED) is 0.802. The van der Waals surface area contributed by atoms with Crippen molar-refractivity contribution in [1.29, 1.82) is 0 Å². The Morgan fingerprint density at radius 1 is 1.17 bits per heavy atom. The van der Waals surface area contributed by atoms with E-state index in [1.807, 2.05) is 0 Å². The summed E-state index contributed by atoms with van der Waals surface area (Å²) in [5, 5.41) is 6.25. The second-order valence-electron chi connectivity index (χ2n) is 7.80. The van der Waals surface area contributed by atoms with Crippen LogP contribution in [0.4, 0.5) is 19.3 Å². The van der Waals surface area contributed by atoms with Gasteiger partial charge in [0, 0.05) is 54.5 Å². The van der Waals surface area contributed by atoms with Crippen LogP contribution >= 0.6 is 0 Å². The molecule has 0 atom stereocenters. The number of benzene rings is 2. The Kier molecular flexibility index (Phi) is 5.32. The predicted molar refractivity (Wildman–Crippen MR) is 108 cm³/mol. The van der Waals surface area contributed by atoms with Crippen LogP contribution < -0.4 is 15.4 Å². The number of amides is 2. The molecule has 2 amide bonds. The molecular weight excluding hydrogens is 392 g/mol. The van der Waals surface area contributed by atoms with Crippen molar-refractivity contribution in [3.05, 3.63) is 59.2 Å². The maximum atomic E-state index is 13.4. The normalized spacial score (nSPS) is 17.3. The monoisotopic (exact) mass is 415 g/mol. The molecule has 158 valence electrons. The third kappa shape index (κ3) is 3.94. The molecule has 2 aliphatic rings. The van der Waals surface area contributed by atoms with Crippen LogP contribution in [0.5, 0.6) is 5.75 Å². The van der Waals surface area contributed by atoms with Crippen molar-refractivity contribution in [3.63, 3.8) is 0 Å². The van der Waals surface area contributed by atoms with E-state index >= 15 is 0 Å². The summed E-state index contributed by atoms with van der Waals surface area (Å²) in [4.78, 5) is 26.8. The number of hydrogen-bond acceptors (Lipinski definition) is 4. The van der Waals surface area contributed by atoms with E-state index in [-0.39, 0.29) is 24.8 Å². The van der Waals surface area contributed by atoms with E-state index in [2.05, 4.69) is 10.6 Å². The average molecular weight is 415 g/mol. The number of ketones is 1. The highest BCUT2D eigenvalue weighted by Gasteiger charge is 2.41. The third-order valence-electron chi connectivity index (χ3n) is 5.87. The molecule has 2 aromatic rings. The van der Waals surface area contributed by atoms with Crippen LogP contribution in [0.25, 0.3) is 0 Å². The molecule has 0 saturated carbocycles. The molecule has 2 aliphatic heterocycles. The van der Waals surface area contributed by atoms with Crippen molar-refractivity contribution in [2.75, 3.05) is 25.5 Å². The molecule has 0 aliphatic carbocycles. The summed E-state index contributed by atoms with van der Waals surface area (Å²) in [6.45, 7) is 1.20. The zero-order valence-corrected chi connectivity index (χ0v) is 16.6. The summed E-state index contributed by atoms with van der Waals surface area (Å²) in [5.74, 6) is -0.524. The highest BCUT2D eigenvalue weighted by molar-refractivity contribution is 6.04. The minimum Gasteiger partial charge on any atom is -0.496 e. The number of halogens is 2. The second kappa shape index (κ2) is 7.93. The highest BCUT2D eigenvalue weighted by atomic mass is 19.1. The van der Waals surface area contributed by atoms with E-state index in [1.54, 1.807) is 17.0 Å². The third-order valence-corrected chi connectivity index (χ3v) is 5.87. The van der Waals surface area contributed by atoms with E-state index < -0.39 is 17.2 Å². The number of ether oxygens (including phenoxy) is 1. The molecule has 6 nitrogen and oxygen atoms in total. The minimum absolute atomic E-state index is 0.0791. The van der Waals surface area contributed by atoms with Crippen LogP contribution in [-0.4, -0.2) is 42.5 Å². The lowest BCUT2D eigenvalue weighted by Crippen LogP contribution is -2.55. The Morgan fingerprint density at radius 3 is 2.60 bits per heavy atom. The lowest BCUT2D eigenvalue weighted by Gasteiger charge is -2.45. The highest BCUT2D eigenvalue weighted by Crippen LogP contribution is 2.37. The van der Waals surface area contributed by atoms with Gasteiger partial charge in [0.1, 0.15) is 17.4 Å². The van der Waals surface area contributed by atoms with Crippen LogP contribution in [-0.2, 0) is 6.54 Å². The van der Waals surface area contributed by atoms with Crippen molar-refractivity contribution in [3.8, 4) is 5.75 Å². The van der Waals surface area contributed by atoms with Crippen LogP contribution in [0.15, 0.2) is 36.4 Å². The molecule has 0 unspecified atom stereocenters. The Labute approximate surface area is 173 Å². The van der Waals surface area contributed by atoms with Gasteiger partial charge in [-0.15, -0.1) is 0 Å². The fourth-order valence-corrected chi connectivity index (χ4v) is 4.18. The summed E-state index contributed by atoms with van der Waals surface area (Å²) in [7, 11) is 1.45. The molecule has 30 heavy (non-hydrogen) atoms. The summed E-state index contributed by atoms with van der Waals surface area (Å²) >= 11 is 0. The smallest absolute Gasteiger partial charge is 0.317 e. The molecule has 0 aromatic heterocycles. The van der Waals surface area contributed by atoms with E-state index in [1.165, 1.54) is 31.4 Å². The number of rotatable bonds is 3. The Balaban J connectivity index is 1.36. The molecular formula is C22H23F2N3O3. The number of methoxy groups -OCH3 is 1. The number of piperidine rings is 1. The average Bonchev–Trinajstić information content (AvgIpc) is 2.73. The zero-order valence-electron chi connectivity index (χ0n) is 16.6. The number of urea groups is 1. The first kappa shape index (κ1) is 20.1. The first-order valence-corrected chi connectivity index (χ1v) is 9.85. The van der Waals surface area contributed by atoms with Crippen LogP contribution in [0, 0.1) is 11.6 Å². The zero-order chi connectivity index (χ0) is 21.3. The number of hydrogen-bond donors (Lipinski definition) is 2. The maximum Gasteiger partial charge on any atom is 0.317 e. The van der Waals surface area contributed by atoms with Gasteiger partial charge in [-0.25, -0.2) is 13.6 Å². The van der Waals surface area contributed by atoms with Gasteiger partial charge in [0.25, 0.3) is 0 Å². The first-order valence-electron chi connectivity index (χ1n) is 9.85. The molecule has 8 heteroatoms. The Morgan fingerprint density at radius 2 is 1.87 bits per heavy atom. The van der Waals surface area contributed by atoms with Gasteiger partial charge in [-0.2, -0.15) is 0 Å². The Hall–Kier alpha value is -3.16. The van der Waals surface area contributed by atoms with Gasteiger partial charge >= 0.3 is 6.03 Å². The SMILES string of the molecule is COc1cc(F)ccc1CNC(=O)N1CCC2(CC1)CC(=O)c1cc(F)ccc1N2. The number of carbonyl (C=O) groups excluding carboxylic acids is 2. The van der Waals surface area contributed by atoms with Crippen molar-refractivity contribution in [1.82, 2.24) is 10.2 Å². The van der Waals surface area contributed by atoms with Gasteiger partial charge in [0.05, 0.1) is 7.11 Å². The summed E-state index contributed by atoms with van der Waals surface area (Å²) < 4.78 is 31.9. The fourth-order valence-electron chi connectivity index (χ4n) is 4.18. The van der Waals surface area contributed by atoms with Crippen molar-refractivity contribution in [2.45, 2.75) is 31.3 Å². The number of nitrogens with zero attached hydrogens (tertiary/aromatic N) is 1. The molecule has 0 radical (unpaired) electrons. The van der Waals surface area contributed by atoms with Crippen LogP contribution in [0.1, 0.15) is 35.2 Å². The van der Waals surface area contributed by atoms with E-state index in [9.17, 15) is 18.4 Å².